The van der Waals surface area contributed by atoms with Gasteiger partial charge in [-0.05, 0) is 6.07 Å². The van der Waals surface area contributed by atoms with Crippen LogP contribution in [0, 0.1) is 0 Å². The molecule has 0 unspecified atom stereocenters. The van der Waals surface area contributed by atoms with Crippen molar-refractivity contribution in [3.8, 4) is 0 Å². The normalized spacial score (nSPS) is 11.6. The molecule has 2 heterocycles. The fraction of sp³-hybridized carbons (Fsp3) is 0.455. The summed E-state index contributed by atoms with van der Waals surface area (Å²) >= 11 is 11.6. The maximum Gasteiger partial charge on any atom is 0.261 e. The second-order valence-electron chi connectivity index (χ2n) is 3.78. The van der Waals surface area contributed by atoms with Gasteiger partial charge in [0.25, 0.3) is 6.43 Å². The van der Waals surface area contributed by atoms with Crippen LogP contribution in [0.5, 0.6) is 0 Å². The van der Waals surface area contributed by atoms with Gasteiger partial charge in [0.15, 0.2) is 5.65 Å². The third kappa shape index (κ3) is 3.52. The minimum atomic E-state index is -2.47. The number of halogens is 4. The van der Waals surface area contributed by atoms with Gasteiger partial charge in [-0.1, -0.05) is 11.6 Å². The van der Waals surface area contributed by atoms with E-state index in [1.54, 1.807) is 10.6 Å². The fourth-order valence-electron chi connectivity index (χ4n) is 1.70. The molecular formula is C11H11Cl2F2N3O. The zero-order chi connectivity index (χ0) is 13.8. The summed E-state index contributed by atoms with van der Waals surface area (Å²) < 4.78 is 30.5. The Hall–Kier alpha value is -0.980. The summed E-state index contributed by atoms with van der Waals surface area (Å²) in [7, 11) is 0. The van der Waals surface area contributed by atoms with Crippen molar-refractivity contribution >= 4 is 34.4 Å². The molecule has 0 aliphatic rings. The Kier molecular flexibility index (Phi) is 4.90. The third-order valence-electron chi connectivity index (χ3n) is 2.45. The third-order valence-corrected chi connectivity index (χ3v) is 2.90. The topological polar surface area (TPSA) is 39.9 Å². The van der Waals surface area contributed by atoms with Gasteiger partial charge in [0, 0.05) is 12.7 Å². The fourth-order valence-corrected chi connectivity index (χ4v) is 2.05. The van der Waals surface area contributed by atoms with Crippen LogP contribution in [-0.4, -0.2) is 34.2 Å². The molecule has 0 fully saturated rings. The summed E-state index contributed by atoms with van der Waals surface area (Å²) in [4.78, 5) is 8.46. The van der Waals surface area contributed by atoms with Crippen LogP contribution in [0.25, 0.3) is 11.2 Å². The van der Waals surface area contributed by atoms with Gasteiger partial charge in [-0.2, -0.15) is 0 Å². The summed E-state index contributed by atoms with van der Waals surface area (Å²) in [6.07, 6.45) is -0.968. The van der Waals surface area contributed by atoms with Gasteiger partial charge in [0.05, 0.1) is 17.5 Å². The molecule has 0 saturated heterocycles. The van der Waals surface area contributed by atoms with Crippen LogP contribution < -0.4 is 0 Å². The van der Waals surface area contributed by atoms with Gasteiger partial charge in [0.1, 0.15) is 17.9 Å². The van der Waals surface area contributed by atoms with Crippen LogP contribution in [0.4, 0.5) is 8.78 Å². The van der Waals surface area contributed by atoms with Crippen molar-refractivity contribution in [3.63, 3.8) is 0 Å². The highest BCUT2D eigenvalue weighted by atomic mass is 35.5. The Labute approximate surface area is 118 Å². The van der Waals surface area contributed by atoms with Crippen molar-refractivity contribution in [1.29, 1.82) is 0 Å². The SMILES string of the molecule is FC(F)COCCn1c(CCl)nc2cc(Cl)cnc21. The molecule has 2 rings (SSSR count). The average Bonchev–Trinajstić information content (AvgIpc) is 2.71. The highest BCUT2D eigenvalue weighted by Crippen LogP contribution is 2.19. The lowest BCUT2D eigenvalue weighted by Gasteiger charge is -2.07. The second kappa shape index (κ2) is 6.45. The Morgan fingerprint density at radius 2 is 2.21 bits per heavy atom. The van der Waals surface area contributed by atoms with E-state index >= 15 is 0 Å². The van der Waals surface area contributed by atoms with E-state index < -0.39 is 13.0 Å². The van der Waals surface area contributed by atoms with Crippen LogP contribution >= 0.6 is 23.2 Å². The van der Waals surface area contributed by atoms with Crippen LogP contribution in [0.1, 0.15) is 5.82 Å². The monoisotopic (exact) mass is 309 g/mol. The molecule has 0 radical (unpaired) electrons. The molecule has 0 atom stereocenters. The predicted octanol–water partition coefficient (Wildman–Crippen LogP) is 3.11. The first-order valence-corrected chi connectivity index (χ1v) is 6.45. The number of hydrogen-bond acceptors (Lipinski definition) is 3. The highest BCUT2D eigenvalue weighted by molar-refractivity contribution is 6.31. The van der Waals surface area contributed by atoms with E-state index in [1.165, 1.54) is 6.20 Å². The summed E-state index contributed by atoms with van der Waals surface area (Å²) in [5, 5.41) is 0.479. The van der Waals surface area contributed by atoms with E-state index in [2.05, 4.69) is 9.97 Å². The number of alkyl halides is 3. The lowest BCUT2D eigenvalue weighted by atomic mass is 10.4. The zero-order valence-electron chi connectivity index (χ0n) is 9.82. The first-order valence-electron chi connectivity index (χ1n) is 5.54. The van der Waals surface area contributed by atoms with Gasteiger partial charge in [-0.3, -0.25) is 0 Å². The molecule has 8 heteroatoms. The summed E-state index contributed by atoms with van der Waals surface area (Å²) in [6, 6.07) is 1.68. The van der Waals surface area contributed by atoms with E-state index in [9.17, 15) is 8.78 Å². The van der Waals surface area contributed by atoms with E-state index in [-0.39, 0.29) is 12.5 Å². The molecule has 0 bridgehead atoms. The number of ether oxygens (including phenoxy) is 1. The largest absolute Gasteiger partial charge is 0.374 e. The molecule has 0 spiro atoms. The summed E-state index contributed by atoms with van der Waals surface area (Å²) in [6.45, 7) is -0.0774. The van der Waals surface area contributed by atoms with Crippen molar-refractivity contribution in [2.45, 2.75) is 18.9 Å². The summed E-state index contributed by atoms with van der Waals surface area (Å²) in [5.74, 6) is 0.801. The minimum Gasteiger partial charge on any atom is -0.374 e. The van der Waals surface area contributed by atoms with Crippen molar-refractivity contribution in [2.75, 3.05) is 13.2 Å². The van der Waals surface area contributed by atoms with Crippen molar-refractivity contribution in [1.82, 2.24) is 14.5 Å². The number of aromatic nitrogens is 3. The van der Waals surface area contributed by atoms with Crippen LogP contribution in [0.2, 0.25) is 5.02 Å². The molecule has 104 valence electrons. The quantitative estimate of drug-likeness (QED) is 0.608. The van der Waals surface area contributed by atoms with Crippen LogP contribution in [0.15, 0.2) is 12.3 Å². The van der Waals surface area contributed by atoms with E-state index in [4.69, 9.17) is 27.9 Å². The van der Waals surface area contributed by atoms with Gasteiger partial charge in [-0.15, -0.1) is 11.6 Å². The number of nitrogens with zero attached hydrogens (tertiary/aromatic N) is 3. The lowest BCUT2D eigenvalue weighted by Crippen LogP contribution is -2.12. The smallest absolute Gasteiger partial charge is 0.261 e. The van der Waals surface area contributed by atoms with Gasteiger partial charge in [-0.25, -0.2) is 18.7 Å². The first kappa shape index (κ1) is 14.4. The lowest BCUT2D eigenvalue weighted by molar-refractivity contribution is 0.0148. The van der Waals surface area contributed by atoms with E-state index in [1.807, 2.05) is 0 Å². The highest BCUT2D eigenvalue weighted by Gasteiger charge is 2.11. The molecular weight excluding hydrogens is 299 g/mol. The molecule has 19 heavy (non-hydrogen) atoms. The zero-order valence-corrected chi connectivity index (χ0v) is 11.3. The Bertz CT molecular complexity index is 562. The van der Waals surface area contributed by atoms with Crippen LogP contribution in [0.3, 0.4) is 0 Å². The maximum atomic E-state index is 12.0. The number of pyridine rings is 1. The standard InChI is InChI=1S/C11H11Cl2F2N3O/c12-4-10-17-8-3-7(13)5-16-11(8)18(10)1-2-19-6-9(14)15/h3,5,9H,1-2,4,6H2. The molecule has 0 N–H and O–H groups in total. The van der Waals surface area contributed by atoms with Crippen molar-refractivity contribution in [3.05, 3.63) is 23.1 Å². The molecule has 4 nitrogen and oxygen atoms in total. The molecule has 0 saturated carbocycles. The molecule has 2 aromatic rings. The molecule has 0 aromatic carbocycles. The molecule has 0 aliphatic heterocycles. The number of rotatable bonds is 6. The first-order chi connectivity index (χ1) is 9.11. The molecule has 0 amide bonds. The average molecular weight is 310 g/mol. The minimum absolute atomic E-state index is 0.143. The molecule has 2 aromatic heterocycles. The van der Waals surface area contributed by atoms with Crippen molar-refractivity contribution in [2.24, 2.45) is 0 Å². The van der Waals surface area contributed by atoms with Crippen molar-refractivity contribution < 1.29 is 13.5 Å². The van der Waals surface area contributed by atoms with E-state index in [0.29, 0.717) is 28.6 Å². The number of imidazole rings is 1. The maximum absolute atomic E-state index is 12.0. The summed E-state index contributed by atoms with van der Waals surface area (Å²) in [5.41, 5.74) is 1.23. The molecule has 0 aliphatic carbocycles. The number of fused-ring (bicyclic) bond motifs is 1. The second-order valence-corrected chi connectivity index (χ2v) is 4.48. The van der Waals surface area contributed by atoms with Gasteiger partial charge >= 0.3 is 0 Å². The van der Waals surface area contributed by atoms with Gasteiger partial charge < -0.3 is 9.30 Å². The predicted molar refractivity (Wildman–Crippen MR) is 68.9 cm³/mol. The Morgan fingerprint density at radius 3 is 2.89 bits per heavy atom. The van der Waals surface area contributed by atoms with Crippen LogP contribution in [-0.2, 0) is 17.2 Å². The van der Waals surface area contributed by atoms with E-state index in [0.717, 1.165) is 0 Å². The Balaban J connectivity index is 2.16. The Morgan fingerprint density at radius 1 is 1.42 bits per heavy atom. The van der Waals surface area contributed by atoms with Gasteiger partial charge in [0.2, 0.25) is 0 Å². The number of hydrogen-bond donors (Lipinski definition) is 0.